The van der Waals surface area contributed by atoms with Gasteiger partial charge in [0.05, 0.1) is 17.0 Å². The average molecular weight is 376 g/mol. The zero-order valence-corrected chi connectivity index (χ0v) is 15.1. The molecule has 2 aromatic heterocycles. The maximum Gasteiger partial charge on any atom is 0.230 e. The van der Waals surface area contributed by atoms with Crippen LogP contribution in [0.25, 0.3) is 10.6 Å². The first kappa shape index (κ1) is 17.1. The molecule has 0 aliphatic carbocycles. The fourth-order valence-electron chi connectivity index (χ4n) is 2.53. The summed E-state index contributed by atoms with van der Waals surface area (Å²) in [5.41, 5.74) is 1.29. The summed E-state index contributed by atoms with van der Waals surface area (Å²) in [4.78, 5) is 13.2. The molecule has 4 aromatic rings. The summed E-state index contributed by atoms with van der Waals surface area (Å²) in [6.07, 6.45) is 0.150. The summed E-state index contributed by atoms with van der Waals surface area (Å²) in [6, 6.07) is 22.5. The third kappa shape index (κ3) is 4.43. The second-order valence-corrected chi connectivity index (χ2v) is 6.77. The van der Waals surface area contributed by atoms with Crippen LogP contribution in [0.5, 0.6) is 11.5 Å². The average Bonchev–Trinajstić information content (AvgIpc) is 3.36. The number of nitrogens with one attached hydrogen (secondary N) is 1. The second kappa shape index (κ2) is 7.88. The number of rotatable bonds is 6. The van der Waals surface area contributed by atoms with Gasteiger partial charge in [0.1, 0.15) is 11.5 Å². The van der Waals surface area contributed by atoms with E-state index in [0.717, 1.165) is 10.6 Å². The zero-order valence-electron chi connectivity index (χ0n) is 14.3. The molecule has 6 heteroatoms. The molecule has 2 aromatic carbocycles. The molecule has 0 spiro atoms. The number of para-hydroxylation sites is 1. The smallest absolute Gasteiger partial charge is 0.230 e. The molecular weight excluding hydrogens is 360 g/mol. The van der Waals surface area contributed by atoms with Crippen molar-refractivity contribution in [2.24, 2.45) is 0 Å². The Morgan fingerprint density at radius 2 is 1.78 bits per heavy atom. The molecule has 0 saturated heterocycles. The third-order valence-electron chi connectivity index (χ3n) is 3.78. The highest BCUT2D eigenvalue weighted by Gasteiger charge is 2.11. The summed E-state index contributed by atoms with van der Waals surface area (Å²) in [5.74, 6) is 1.99. The lowest BCUT2D eigenvalue weighted by atomic mass is 10.2. The molecule has 4 rings (SSSR count). The Labute approximate surface area is 160 Å². The van der Waals surface area contributed by atoms with E-state index in [9.17, 15) is 4.79 Å². The van der Waals surface area contributed by atoms with Crippen molar-refractivity contribution in [3.8, 4) is 22.1 Å². The van der Waals surface area contributed by atoms with Crippen LogP contribution in [0.15, 0.2) is 82.7 Å². The van der Waals surface area contributed by atoms with Crippen LogP contribution in [0.3, 0.4) is 0 Å². The van der Waals surface area contributed by atoms with Crippen LogP contribution < -0.4 is 10.1 Å². The van der Waals surface area contributed by atoms with Gasteiger partial charge in [0, 0.05) is 11.8 Å². The number of hydrogen-bond acceptors (Lipinski definition) is 5. The molecule has 1 amide bonds. The molecule has 0 radical (unpaired) electrons. The summed E-state index contributed by atoms with van der Waals surface area (Å²) in [7, 11) is 0. The fourth-order valence-corrected chi connectivity index (χ4v) is 3.20. The van der Waals surface area contributed by atoms with Gasteiger partial charge in [-0.15, -0.1) is 11.3 Å². The highest BCUT2D eigenvalue weighted by Crippen LogP contribution is 2.26. The summed E-state index contributed by atoms with van der Waals surface area (Å²) < 4.78 is 11.0. The molecule has 0 bridgehead atoms. The Morgan fingerprint density at radius 1 is 1.00 bits per heavy atom. The molecule has 0 atom stereocenters. The van der Waals surface area contributed by atoms with Crippen molar-refractivity contribution in [3.05, 3.63) is 83.9 Å². The minimum atomic E-state index is -0.155. The van der Waals surface area contributed by atoms with Crippen molar-refractivity contribution >= 4 is 22.9 Å². The van der Waals surface area contributed by atoms with Crippen LogP contribution >= 0.6 is 11.3 Å². The topological polar surface area (TPSA) is 64.4 Å². The van der Waals surface area contributed by atoms with Crippen molar-refractivity contribution in [2.45, 2.75) is 6.42 Å². The molecule has 0 aliphatic heterocycles. The maximum absolute atomic E-state index is 12.2. The highest BCUT2D eigenvalue weighted by molar-refractivity contribution is 7.13. The predicted molar refractivity (Wildman–Crippen MR) is 105 cm³/mol. The number of carbonyl (C=O) groups excluding carboxylic acids is 1. The molecule has 1 N–H and O–H groups in total. The molecule has 0 aliphatic rings. The second-order valence-electron chi connectivity index (χ2n) is 5.82. The van der Waals surface area contributed by atoms with Crippen LogP contribution in [0.2, 0.25) is 0 Å². The number of aromatic nitrogens is 1. The van der Waals surface area contributed by atoms with E-state index < -0.39 is 0 Å². The van der Waals surface area contributed by atoms with Crippen LogP contribution in [0.1, 0.15) is 5.69 Å². The Bertz CT molecular complexity index is 1010. The first-order valence-corrected chi connectivity index (χ1v) is 9.26. The largest absolute Gasteiger partial charge is 0.457 e. The van der Waals surface area contributed by atoms with Gasteiger partial charge in [0.25, 0.3) is 0 Å². The summed E-state index contributed by atoms with van der Waals surface area (Å²) in [6.45, 7) is 0. The molecule has 0 unspecified atom stereocenters. The molecular formula is C21H16N2O3S. The summed E-state index contributed by atoms with van der Waals surface area (Å²) >= 11 is 1.57. The molecule has 5 nitrogen and oxygen atoms in total. The first-order valence-electron chi connectivity index (χ1n) is 8.38. The van der Waals surface area contributed by atoms with Crippen molar-refractivity contribution in [1.29, 1.82) is 0 Å². The van der Waals surface area contributed by atoms with Gasteiger partial charge >= 0.3 is 0 Å². The molecule has 2 heterocycles. The number of ether oxygens (including phenoxy) is 1. The number of nitrogens with zero attached hydrogens (tertiary/aromatic N) is 1. The van der Waals surface area contributed by atoms with E-state index in [1.807, 2.05) is 60.0 Å². The number of anilines is 1. The molecule has 0 saturated carbocycles. The first-order chi connectivity index (χ1) is 13.3. The fraction of sp³-hybridized carbons (Fsp3) is 0.0476. The standard InChI is InChI=1S/C21H16N2O3S/c24-21(14-16-13-19(26-23-16)20-7-4-12-27-20)22-15-8-10-18(11-9-15)25-17-5-2-1-3-6-17/h1-13H,14H2,(H,22,24). The Hall–Kier alpha value is -3.38. The van der Waals surface area contributed by atoms with Crippen LogP contribution in [-0.4, -0.2) is 11.1 Å². The lowest BCUT2D eigenvalue weighted by Crippen LogP contribution is -2.14. The van der Waals surface area contributed by atoms with E-state index in [1.165, 1.54) is 0 Å². The molecule has 134 valence electrons. The predicted octanol–water partition coefficient (Wildman–Crippen LogP) is 5.38. The van der Waals surface area contributed by atoms with Gasteiger partial charge < -0.3 is 14.6 Å². The monoisotopic (exact) mass is 376 g/mol. The van der Waals surface area contributed by atoms with Crippen molar-refractivity contribution in [3.63, 3.8) is 0 Å². The van der Waals surface area contributed by atoms with Gasteiger partial charge in [0.2, 0.25) is 5.91 Å². The quantitative estimate of drug-likeness (QED) is 0.491. The van der Waals surface area contributed by atoms with E-state index in [0.29, 0.717) is 22.9 Å². The maximum atomic E-state index is 12.2. The van der Waals surface area contributed by atoms with Crippen molar-refractivity contribution in [1.82, 2.24) is 5.16 Å². The number of benzene rings is 2. The molecule has 0 fully saturated rings. The van der Waals surface area contributed by atoms with Gasteiger partial charge in [-0.25, -0.2) is 0 Å². The normalized spacial score (nSPS) is 10.5. The van der Waals surface area contributed by atoms with Crippen LogP contribution in [-0.2, 0) is 11.2 Å². The minimum Gasteiger partial charge on any atom is -0.457 e. The van der Waals surface area contributed by atoms with E-state index in [1.54, 1.807) is 29.5 Å². The van der Waals surface area contributed by atoms with Crippen molar-refractivity contribution in [2.75, 3.05) is 5.32 Å². The molecule has 27 heavy (non-hydrogen) atoms. The Morgan fingerprint density at radius 3 is 2.52 bits per heavy atom. The van der Waals surface area contributed by atoms with E-state index in [4.69, 9.17) is 9.26 Å². The van der Waals surface area contributed by atoms with E-state index in [-0.39, 0.29) is 12.3 Å². The van der Waals surface area contributed by atoms with Gasteiger partial charge in [-0.1, -0.05) is 29.4 Å². The number of thiophene rings is 1. The Kier molecular flexibility index (Phi) is 4.98. The van der Waals surface area contributed by atoms with E-state index in [2.05, 4.69) is 10.5 Å². The van der Waals surface area contributed by atoms with Crippen LogP contribution in [0.4, 0.5) is 5.69 Å². The van der Waals surface area contributed by atoms with Crippen LogP contribution in [0, 0.1) is 0 Å². The van der Waals surface area contributed by atoms with Gasteiger partial charge in [0.15, 0.2) is 5.76 Å². The summed E-state index contributed by atoms with van der Waals surface area (Å²) in [5, 5.41) is 8.79. The lowest BCUT2D eigenvalue weighted by Gasteiger charge is -2.07. The van der Waals surface area contributed by atoms with E-state index >= 15 is 0 Å². The number of carbonyl (C=O) groups is 1. The van der Waals surface area contributed by atoms with Gasteiger partial charge in [-0.05, 0) is 47.8 Å². The van der Waals surface area contributed by atoms with Gasteiger partial charge in [-0.2, -0.15) is 0 Å². The highest BCUT2D eigenvalue weighted by atomic mass is 32.1. The Balaban J connectivity index is 1.34. The lowest BCUT2D eigenvalue weighted by molar-refractivity contribution is -0.115. The van der Waals surface area contributed by atoms with Gasteiger partial charge in [-0.3, -0.25) is 4.79 Å². The minimum absolute atomic E-state index is 0.150. The number of hydrogen-bond donors (Lipinski definition) is 1. The van der Waals surface area contributed by atoms with Crippen molar-refractivity contribution < 1.29 is 14.1 Å². The zero-order chi connectivity index (χ0) is 18.5. The third-order valence-corrected chi connectivity index (χ3v) is 4.67. The SMILES string of the molecule is O=C(Cc1cc(-c2cccs2)on1)Nc1ccc(Oc2ccccc2)cc1. The number of amides is 1.